The Morgan fingerprint density at radius 1 is 1.08 bits per heavy atom. The van der Waals surface area contributed by atoms with E-state index in [2.05, 4.69) is 20.5 Å². The van der Waals surface area contributed by atoms with Crippen molar-refractivity contribution in [2.45, 2.75) is 38.6 Å². The average molecular weight is 501 g/mol. The average Bonchev–Trinajstić information content (AvgIpc) is 3.49. The van der Waals surface area contributed by atoms with Gasteiger partial charge < -0.3 is 14.8 Å². The molecule has 0 spiro atoms. The van der Waals surface area contributed by atoms with Crippen molar-refractivity contribution in [1.29, 1.82) is 0 Å². The number of pyridine rings is 1. The molecule has 0 bridgehead atoms. The van der Waals surface area contributed by atoms with E-state index in [9.17, 15) is 18.8 Å². The number of carbonyl (C=O) groups is 3. The minimum Gasteiger partial charge on any atom is -0.350 e. The molecule has 1 aliphatic rings. The first-order valence-electron chi connectivity index (χ1n) is 11.9. The van der Waals surface area contributed by atoms with Gasteiger partial charge in [-0.05, 0) is 42.3 Å². The number of halogens is 1. The number of hydrogen-bond donors (Lipinski definition) is 1. The van der Waals surface area contributed by atoms with Crippen molar-refractivity contribution in [3.8, 4) is 11.1 Å². The summed E-state index contributed by atoms with van der Waals surface area (Å²) < 4.78 is 16.0. The first-order valence-corrected chi connectivity index (χ1v) is 11.9. The molecule has 188 valence electrons. The SMILES string of the molecule is CC(=O)c1cn(CC(=O)N2CC(F)CC2C(=O)NCc2cccnc2)c2ccc(-c3ccnnc3)cc12. The summed E-state index contributed by atoms with van der Waals surface area (Å²) in [6.07, 6.45) is 6.79. The third-order valence-corrected chi connectivity index (χ3v) is 6.55. The number of hydrogen-bond acceptors (Lipinski definition) is 6. The highest BCUT2D eigenvalue weighted by Gasteiger charge is 2.39. The Morgan fingerprint density at radius 2 is 1.95 bits per heavy atom. The highest BCUT2D eigenvalue weighted by atomic mass is 19.1. The number of nitrogens with zero attached hydrogens (tertiary/aromatic N) is 5. The summed E-state index contributed by atoms with van der Waals surface area (Å²) in [6, 6.07) is 10.1. The lowest BCUT2D eigenvalue weighted by Crippen LogP contribution is -2.46. The molecule has 0 aliphatic carbocycles. The summed E-state index contributed by atoms with van der Waals surface area (Å²) in [6.45, 7) is 1.43. The van der Waals surface area contributed by atoms with Crippen molar-refractivity contribution >= 4 is 28.5 Å². The van der Waals surface area contributed by atoms with Crippen molar-refractivity contribution in [3.63, 3.8) is 0 Å². The van der Waals surface area contributed by atoms with Crippen LogP contribution < -0.4 is 5.32 Å². The lowest BCUT2D eigenvalue weighted by molar-refractivity contribution is -0.139. The predicted octanol–water partition coefficient (Wildman–Crippen LogP) is 2.95. The maximum atomic E-state index is 14.4. The standard InChI is InChI=1S/C27H25FN6O3/c1-17(35)23-15-33(24-5-4-19(9-22(23)24)20-6-8-31-32-13-20)16-26(36)34-14-21(28)10-25(34)27(37)30-12-18-3-2-7-29-11-18/h2-9,11,13,15,21,25H,10,12,14,16H2,1H3,(H,30,37). The number of alkyl halides is 1. The second-order valence-corrected chi connectivity index (χ2v) is 9.06. The number of benzene rings is 1. The first-order chi connectivity index (χ1) is 17.9. The van der Waals surface area contributed by atoms with Crippen LogP contribution in [0.15, 0.2) is 67.4 Å². The molecule has 4 aromatic rings. The van der Waals surface area contributed by atoms with Crippen molar-refractivity contribution in [1.82, 2.24) is 30.0 Å². The number of likely N-dealkylation sites (tertiary alicyclic amines) is 1. The second kappa shape index (κ2) is 10.3. The van der Waals surface area contributed by atoms with E-state index in [4.69, 9.17) is 0 Å². The molecule has 10 heteroatoms. The largest absolute Gasteiger partial charge is 0.350 e. The van der Waals surface area contributed by atoms with Crippen LogP contribution in [0.5, 0.6) is 0 Å². The van der Waals surface area contributed by atoms with Crippen molar-refractivity contribution in [2.24, 2.45) is 0 Å². The number of aromatic nitrogens is 4. The lowest BCUT2D eigenvalue weighted by Gasteiger charge is -2.24. The van der Waals surface area contributed by atoms with Gasteiger partial charge in [0.2, 0.25) is 11.8 Å². The van der Waals surface area contributed by atoms with Crippen LogP contribution >= 0.6 is 0 Å². The maximum Gasteiger partial charge on any atom is 0.243 e. The van der Waals surface area contributed by atoms with Gasteiger partial charge in [0, 0.05) is 53.6 Å². The van der Waals surface area contributed by atoms with E-state index in [1.54, 1.807) is 41.6 Å². The molecule has 3 aromatic heterocycles. The number of carbonyl (C=O) groups excluding carboxylic acids is 3. The molecule has 1 aliphatic heterocycles. The van der Waals surface area contributed by atoms with Gasteiger partial charge in [-0.25, -0.2) is 4.39 Å². The van der Waals surface area contributed by atoms with Crippen molar-refractivity contribution < 1.29 is 18.8 Å². The van der Waals surface area contributed by atoms with Gasteiger partial charge in [0.1, 0.15) is 18.8 Å². The van der Waals surface area contributed by atoms with Crippen LogP contribution in [0.4, 0.5) is 4.39 Å². The fourth-order valence-electron chi connectivity index (χ4n) is 4.70. The third kappa shape index (κ3) is 5.09. The Kier molecular flexibility index (Phi) is 6.72. The summed E-state index contributed by atoms with van der Waals surface area (Å²) in [5.41, 5.74) is 3.68. The predicted molar refractivity (Wildman–Crippen MR) is 134 cm³/mol. The van der Waals surface area contributed by atoms with Crippen LogP contribution in [0.25, 0.3) is 22.0 Å². The number of rotatable bonds is 7. The number of ketones is 1. The van der Waals surface area contributed by atoms with Crippen LogP contribution in [-0.4, -0.2) is 61.0 Å². The van der Waals surface area contributed by atoms with E-state index < -0.39 is 24.0 Å². The van der Waals surface area contributed by atoms with Crippen molar-refractivity contribution in [2.75, 3.05) is 6.54 Å². The van der Waals surface area contributed by atoms with Gasteiger partial charge in [-0.1, -0.05) is 12.1 Å². The van der Waals surface area contributed by atoms with Gasteiger partial charge in [0.15, 0.2) is 5.78 Å². The monoisotopic (exact) mass is 500 g/mol. The minimum absolute atomic E-state index is 0.0565. The number of nitrogens with one attached hydrogen (secondary N) is 1. The van der Waals surface area contributed by atoms with Gasteiger partial charge in [-0.15, -0.1) is 0 Å². The number of amides is 2. The molecule has 1 saturated heterocycles. The summed E-state index contributed by atoms with van der Waals surface area (Å²) >= 11 is 0. The molecule has 1 N–H and O–H groups in total. The quantitative estimate of drug-likeness (QED) is 0.391. The zero-order valence-corrected chi connectivity index (χ0v) is 20.2. The molecular formula is C27H25FN6O3. The van der Waals surface area contributed by atoms with Crippen LogP contribution in [0, 0.1) is 0 Å². The highest BCUT2D eigenvalue weighted by molar-refractivity contribution is 6.08. The molecule has 1 aromatic carbocycles. The molecule has 1 fully saturated rings. The Labute approximate surface area is 212 Å². The van der Waals surface area contributed by atoms with Crippen LogP contribution in [0.3, 0.4) is 0 Å². The summed E-state index contributed by atoms with van der Waals surface area (Å²) in [5, 5.41) is 11.2. The highest BCUT2D eigenvalue weighted by Crippen LogP contribution is 2.29. The van der Waals surface area contributed by atoms with Crippen LogP contribution in [0.1, 0.15) is 29.3 Å². The van der Waals surface area contributed by atoms with Gasteiger partial charge in [0.25, 0.3) is 0 Å². The second-order valence-electron chi connectivity index (χ2n) is 9.06. The fourth-order valence-corrected chi connectivity index (χ4v) is 4.70. The Bertz CT molecular complexity index is 1460. The molecule has 2 atom stereocenters. The molecule has 2 amide bonds. The third-order valence-electron chi connectivity index (χ3n) is 6.55. The van der Waals surface area contributed by atoms with E-state index in [1.165, 1.54) is 11.8 Å². The maximum absolute atomic E-state index is 14.4. The first kappa shape index (κ1) is 24.2. The molecule has 9 nitrogen and oxygen atoms in total. The van der Waals surface area contributed by atoms with E-state index in [1.807, 2.05) is 30.3 Å². The topological polar surface area (TPSA) is 110 Å². The molecule has 4 heterocycles. The lowest BCUT2D eigenvalue weighted by atomic mass is 10.0. The summed E-state index contributed by atoms with van der Waals surface area (Å²) in [4.78, 5) is 43.9. The summed E-state index contributed by atoms with van der Waals surface area (Å²) in [5.74, 6) is -0.940. The normalized spacial score (nSPS) is 17.2. The Balaban J connectivity index is 1.37. The molecule has 5 rings (SSSR count). The van der Waals surface area contributed by atoms with Crippen LogP contribution in [0.2, 0.25) is 0 Å². The zero-order chi connectivity index (χ0) is 25.9. The summed E-state index contributed by atoms with van der Waals surface area (Å²) in [7, 11) is 0. The Hall–Kier alpha value is -4.47. The van der Waals surface area contributed by atoms with Crippen molar-refractivity contribution in [3.05, 3.63) is 78.5 Å². The van der Waals surface area contributed by atoms with E-state index in [0.29, 0.717) is 16.5 Å². The molecule has 0 radical (unpaired) electrons. The Morgan fingerprint density at radius 3 is 2.68 bits per heavy atom. The number of Topliss-reactive ketones (excluding diaryl/α,β-unsaturated/α-hetero) is 1. The molecule has 37 heavy (non-hydrogen) atoms. The van der Waals surface area contributed by atoms with Gasteiger partial charge in [0.05, 0.1) is 18.9 Å². The minimum atomic E-state index is -1.29. The molecular weight excluding hydrogens is 475 g/mol. The molecule has 2 unspecified atom stereocenters. The van der Waals surface area contributed by atoms with Crippen LogP contribution in [-0.2, 0) is 22.7 Å². The smallest absolute Gasteiger partial charge is 0.243 e. The van der Waals surface area contributed by atoms with E-state index >= 15 is 0 Å². The zero-order valence-electron chi connectivity index (χ0n) is 20.2. The van der Waals surface area contributed by atoms with Gasteiger partial charge in [-0.3, -0.25) is 19.4 Å². The van der Waals surface area contributed by atoms with Gasteiger partial charge >= 0.3 is 0 Å². The fraction of sp³-hybridized carbons (Fsp3) is 0.259. The number of fused-ring (bicyclic) bond motifs is 1. The van der Waals surface area contributed by atoms with E-state index in [0.717, 1.165) is 16.7 Å². The van der Waals surface area contributed by atoms with E-state index in [-0.39, 0.29) is 31.8 Å². The van der Waals surface area contributed by atoms with Gasteiger partial charge in [-0.2, -0.15) is 10.2 Å². The molecule has 0 saturated carbocycles.